The van der Waals surface area contributed by atoms with Crippen LogP contribution in [-0.4, -0.2) is 56.6 Å². The van der Waals surface area contributed by atoms with Gasteiger partial charge in [0, 0.05) is 36.1 Å². The number of pyridine rings is 1. The Labute approximate surface area is 197 Å². The van der Waals surface area contributed by atoms with Gasteiger partial charge in [0.2, 0.25) is 11.7 Å². The molecular formula is C23H18FN7O4. The van der Waals surface area contributed by atoms with Gasteiger partial charge in [0.15, 0.2) is 0 Å². The summed E-state index contributed by atoms with van der Waals surface area (Å²) in [6.45, 7) is 2.31. The van der Waals surface area contributed by atoms with Gasteiger partial charge < -0.3 is 19.5 Å². The van der Waals surface area contributed by atoms with Gasteiger partial charge in [0.25, 0.3) is 5.91 Å². The number of halogens is 1. The Hall–Kier alpha value is -4.79. The number of nitrogens with one attached hydrogen (secondary N) is 1. The van der Waals surface area contributed by atoms with E-state index in [-0.39, 0.29) is 28.7 Å². The normalized spacial score (nSPS) is 13.4. The highest BCUT2D eigenvalue weighted by atomic mass is 19.1. The highest BCUT2D eigenvalue weighted by Gasteiger charge is 2.36. The zero-order chi connectivity index (χ0) is 24.7. The number of likely N-dealkylation sites (tertiary alicyclic amines) is 1. The van der Waals surface area contributed by atoms with E-state index in [2.05, 4.69) is 25.2 Å². The van der Waals surface area contributed by atoms with E-state index in [1.54, 1.807) is 31.3 Å². The second-order valence-electron chi connectivity index (χ2n) is 8.01. The number of imidazole rings is 1. The van der Waals surface area contributed by atoms with E-state index in [1.165, 1.54) is 28.7 Å². The van der Waals surface area contributed by atoms with Crippen molar-refractivity contribution >= 4 is 23.3 Å². The molecule has 1 aromatic carbocycles. The average molecular weight is 475 g/mol. The summed E-state index contributed by atoms with van der Waals surface area (Å²) in [5.41, 5.74) is 1.86. The van der Waals surface area contributed by atoms with Crippen molar-refractivity contribution in [3.63, 3.8) is 0 Å². The van der Waals surface area contributed by atoms with Gasteiger partial charge in [-0.2, -0.15) is 10.2 Å². The van der Waals surface area contributed by atoms with Crippen LogP contribution in [0.5, 0.6) is 0 Å². The van der Waals surface area contributed by atoms with E-state index in [0.717, 1.165) is 0 Å². The van der Waals surface area contributed by atoms with Gasteiger partial charge in [-0.15, -0.1) is 0 Å². The lowest BCUT2D eigenvalue weighted by atomic mass is 10.0. The molecule has 0 unspecified atom stereocenters. The summed E-state index contributed by atoms with van der Waals surface area (Å²) in [5, 5.41) is 15.7. The number of fused-ring (bicyclic) bond motifs is 1. The first kappa shape index (κ1) is 22.0. The minimum atomic E-state index is -0.554. The van der Waals surface area contributed by atoms with Gasteiger partial charge in [-0.1, -0.05) is 5.16 Å². The molecule has 35 heavy (non-hydrogen) atoms. The fourth-order valence-corrected chi connectivity index (χ4v) is 3.77. The van der Waals surface area contributed by atoms with E-state index < -0.39 is 17.8 Å². The number of nitrogens with zero attached hydrogens (tertiary/aromatic N) is 6. The number of aromatic nitrogens is 4. The van der Waals surface area contributed by atoms with Crippen molar-refractivity contribution in [2.45, 2.75) is 12.8 Å². The number of anilines is 1. The van der Waals surface area contributed by atoms with Gasteiger partial charge in [-0.3, -0.25) is 9.20 Å². The number of benzene rings is 1. The summed E-state index contributed by atoms with van der Waals surface area (Å²) in [7, 11) is 1.31. The third kappa shape index (κ3) is 3.93. The zero-order valence-corrected chi connectivity index (χ0v) is 18.6. The highest BCUT2D eigenvalue weighted by Crippen LogP contribution is 2.30. The Morgan fingerprint density at radius 1 is 1.31 bits per heavy atom. The number of carbonyl (C=O) groups excluding carboxylic acids is 2. The molecule has 11 nitrogen and oxygen atoms in total. The maximum Gasteiger partial charge on any atom is 0.409 e. The van der Waals surface area contributed by atoms with E-state index in [4.69, 9.17) is 9.78 Å². The van der Waals surface area contributed by atoms with E-state index in [9.17, 15) is 14.0 Å². The lowest BCUT2D eigenvalue weighted by Crippen LogP contribution is -2.48. The smallest absolute Gasteiger partial charge is 0.409 e. The Morgan fingerprint density at radius 3 is 2.86 bits per heavy atom. The van der Waals surface area contributed by atoms with Crippen molar-refractivity contribution in [3.05, 3.63) is 65.2 Å². The molecule has 0 atom stereocenters. The van der Waals surface area contributed by atoms with E-state index >= 15 is 0 Å². The molecular weight excluding hydrogens is 457 g/mol. The van der Waals surface area contributed by atoms with Crippen molar-refractivity contribution < 1.29 is 23.2 Å². The molecule has 4 aromatic rings. The van der Waals surface area contributed by atoms with Crippen molar-refractivity contribution in [1.82, 2.24) is 24.4 Å². The minimum Gasteiger partial charge on any atom is -0.453 e. The van der Waals surface area contributed by atoms with Crippen LogP contribution in [0.1, 0.15) is 33.4 Å². The number of nitriles is 1. The van der Waals surface area contributed by atoms with Crippen LogP contribution < -0.4 is 5.32 Å². The van der Waals surface area contributed by atoms with Crippen LogP contribution in [0.25, 0.3) is 17.0 Å². The van der Waals surface area contributed by atoms with Gasteiger partial charge in [-0.05, 0) is 31.2 Å². The molecule has 1 fully saturated rings. The summed E-state index contributed by atoms with van der Waals surface area (Å²) in [6, 6.07) is 7.97. The summed E-state index contributed by atoms with van der Waals surface area (Å²) >= 11 is 0. The average Bonchev–Trinajstić information content (AvgIpc) is 3.47. The Kier molecular flexibility index (Phi) is 5.37. The second kappa shape index (κ2) is 8.53. The fourth-order valence-electron chi connectivity index (χ4n) is 3.77. The zero-order valence-electron chi connectivity index (χ0n) is 18.6. The first-order valence-electron chi connectivity index (χ1n) is 10.5. The van der Waals surface area contributed by atoms with Crippen LogP contribution in [0.15, 0.2) is 41.2 Å². The Morgan fingerprint density at radius 2 is 2.11 bits per heavy atom. The Balaban J connectivity index is 1.38. The molecule has 0 spiro atoms. The van der Waals surface area contributed by atoms with Crippen LogP contribution in [0.3, 0.4) is 0 Å². The third-order valence-corrected chi connectivity index (χ3v) is 5.83. The molecule has 0 aliphatic carbocycles. The van der Waals surface area contributed by atoms with Gasteiger partial charge in [-0.25, -0.2) is 14.2 Å². The number of rotatable bonds is 4. The standard InChI is InChI=1S/C23H18FN7O4/c1-12-16(24)6-14(20-28-22(35-29-20)15-10-30(11-15)23(33)34-2)7-17(12)27-21(32)18-9-26-19-5-13(8-25)3-4-31(18)19/h3-7,9,15H,10-11H2,1-2H3,(H,27,32). The predicted molar refractivity (Wildman–Crippen MR) is 119 cm³/mol. The van der Waals surface area contributed by atoms with Crippen molar-refractivity contribution in [2.24, 2.45) is 0 Å². The first-order chi connectivity index (χ1) is 16.9. The van der Waals surface area contributed by atoms with Crippen LogP contribution in [-0.2, 0) is 4.74 Å². The molecule has 5 rings (SSSR count). The summed E-state index contributed by atoms with van der Waals surface area (Å²) in [6.07, 6.45) is 2.52. The largest absolute Gasteiger partial charge is 0.453 e. The lowest BCUT2D eigenvalue weighted by molar-refractivity contribution is 0.0804. The number of methoxy groups -OCH3 is 1. The molecule has 0 saturated carbocycles. The maximum atomic E-state index is 14.7. The number of hydrogen-bond donors (Lipinski definition) is 1. The quantitative estimate of drug-likeness (QED) is 0.475. The number of ether oxygens (including phenoxy) is 1. The van der Waals surface area contributed by atoms with Gasteiger partial charge in [0.1, 0.15) is 17.2 Å². The third-order valence-electron chi connectivity index (χ3n) is 5.83. The fraction of sp³-hybridized carbons (Fsp3) is 0.217. The highest BCUT2D eigenvalue weighted by molar-refractivity contribution is 6.04. The van der Waals surface area contributed by atoms with Crippen LogP contribution in [0, 0.1) is 24.1 Å². The van der Waals surface area contributed by atoms with Crippen LogP contribution in [0.4, 0.5) is 14.9 Å². The van der Waals surface area contributed by atoms with E-state index in [1.807, 2.05) is 6.07 Å². The van der Waals surface area contributed by atoms with E-state index in [0.29, 0.717) is 35.8 Å². The number of hydrogen-bond acceptors (Lipinski definition) is 8. The molecule has 1 aliphatic heterocycles. The topological polar surface area (TPSA) is 139 Å². The molecule has 1 aliphatic rings. The van der Waals surface area contributed by atoms with Gasteiger partial charge >= 0.3 is 6.09 Å². The van der Waals surface area contributed by atoms with Gasteiger partial charge in [0.05, 0.1) is 30.9 Å². The lowest BCUT2D eigenvalue weighted by Gasteiger charge is -2.35. The van der Waals surface area contributed by atoms with Crippen molar-refractivity contribution in [1.29, 1.82) is 5.26 Å². The first-order valence-corrected chi connectivity index (χ1v) is 10.5. The monoisotopic (exact) mass is 475 g/mol. The molecule has 12 heteroatoms. The number of amides is 2. The number of carbonyl (C=O) groups is 2. The summed E-state index contributed by atoms with van der Waals surface area (Å²) < 4.78 is 26.3. The maximum absolute atomic E-state index is 14.7. The molecule has 0 radical (unpaired) electrons. The molecule has 4 heterocycles. The van der Waals surface area contributed by atoms with Crippen LogP contribution in [0.2, 0.25) is 0 Å². The Bertz CT molecular complexity index is 1510. The summed E-state index contributed by atoms with van der Waals surface area (Å²) in [4.78, 5) is 34.5. The van der Waals surface area contributed by atoms with Crippen molar-refractivity contribution in [3.8, 4) is 17.5 Å². The molecule has 176 valence electrons. The molecule has 0 bridgehead atoms. The second-order valence-corrected chi connectivity index (χ2v) is 8.01. The molecule has 2 amide bonds. The van der Waals surface area contributed by atoms with Crippen molar-refractivity contribution in [2.75, 3.05) is 25.5 Å². The van der Waals surface area contributed by atoms with Crippen LogP contribution >= 0.6 is 0 Å². The molecule has 3 aromatic heterocycles. The summed E-state index contributed by atoms with van der Waals surface area (Å²) in [5.74, 6) is -0.713. The molecule has 1 saturated heterocycles. The predicted octanol–water partition coefficient (Wildman–Crippen LogP) is 3.12. The SMILES string of the molecule is COC(=O)N1CC(c2nc(-c3cc(F)c(C)c(NC(=O)c4cnc5cc(C#N)ccn45)c3)no2)C1. The minimum absolute atomic E-state index is 0.137. The molecule has 1 N–H and O–H groups in total.